The number of unbranched alkanes of at least 4 members (excludes halogenated alkanes) is 3. The number of thiophene rings is 1. The van der Waals surface area contributed by atoms with Crippen molar-refractivity contribution in [1.29, 1.82) is 5.26 Å². The molecule has 0 saturated heterocycles. The zero-order valence-electron chi connectivity index (χ0n) is 34.2. The fraction of sp³-hybridized carbons (Fsp3) is 0.148. The Kier molecular flexibility index (Phi) is 11.9. The Bertz CT molecular complexity index is 2730. The van der Waals surface area contributed by atoms with Gasteiger partial charge in [0.05, 0.1) is 11.4 Å². The van der Waals surface area contributed by atoms with Crippen molar-refractivity contribution in [1.82, 2.24) is 0 Å². The van der Waals surface area contributed by atoms with E-state index >= 15 is 0 Å². The lowest BCUT2D eigenvalue weighted by molar-refractivity contribution is -0.132. The van der Waals surface area contributed by atoms with Crippen LogP contribution in [0.5, 0.6) is 0 Å². The third-order valence-electron chi connectivity index (χ3n) is 11.1. The second-order valence-electron chi connectivity index (χ2n) is 15.4. The number of rotatable bonds is 14. The van der Waals surface area contributed by atoms with Crippen LogP contribution in [0.4, 0.5) is 34.1 Å². The number of aliphatic carboxylic acids is 1. The van der Waals surface area contributed by atoms with E-state index < -0.39 is 5.97 Å². The van der Waals surface area contributed by atoms with E-state index in [1.54, 1.807) is 17.4 Å². The van der Waals surface area contributed by atoms with E-state index in [4.69, 9.17) is 0 Å². The van der Waals surface area contributed by atoms with Crippen LogP contribution in [0.2, 0.25) is 0 Å². The van der Waals surface area contributed by atoms with Gasteiger partial charge in [0.25, 0.3) is 0 Å². The van der Waals surface area contributed by atoms with Gasteiger partial charge >= 0.3 is 5.97 Å². The van der Waals surface area contributed by atoms with E-state index in [2.05, 4.69) is 188 Å². The van der Waals surface area contributed by atoms with Crippen LogP contribution in [0.25, 0.3) is 38.1 Å². The van der Waals surface area contributed by atoms with Gasteiger partial charge < -0.3 is 14.9 Å². The molecule has 0 radical (unpaired) electrons. The number of carboxylic acids is 1. The number of nitriles is 1. The van der Waals surface area contributed by atoms with Gasteiger partial charge in [0.2, 0.25) is 0 Å². The molecule has 0 aliphatic heterocycles. The molecule has 5 nitrogen and oxygen atoms in total. The fourth-order valence-corrected chi connectivity index (χ4v) is 9.10. The van der Waals surface area contributed by atoms with Gasteiger partial charge in [-0.2, -0.15) is 5.26 Å². The Morgan fingerprint density at radius 2 is 1.15 bits per heavy atom. The maximum atomic E-state index is 12.1. The van der Waals surface area contributed by atoms with Crippen LogP contribution in [-0.4, -0.2) is 11.1 Å². The zero-order valence-corrected chi connectivity index (χ0v) is 35.0. The largest absolute Gasteiger partial charge is 0.477 e. The highest BCUT2D eigenvalue weighted by molar-refractivity contribution is 7.16. The molecular weight excluding hydrogens is 755 g/mol. The summed E-state index contributed by atoms with van der Waals surface area (Å²) in [7, 11) is 0. The molecule has 0 atom stereocenters. The molecule has 0 unspecified atom stereocenters. The molecule has 1 N–H and O–H groups in total. The molecule has 0 saturated carbocycles. The molecule has 7 aromatic carbocycles. The highest BCUT2D eigenvalue weighted by Crippen LogP contribution is 2.47. The number of fused-ring (bicyclic) bond motifs is 2. The molecule has 296 valence electrons. The first kappa shape index (κ1) is 39.9. The lowest BCUT2D eigenvalue weighted by Crippen LogP contribution is -2.14. The van der Waals surface area contributed by atoms with Crippen LogP contribution in [0, 0.1) is 25.2 Å². The molecule has 1 heterocycles. The predicted molar refractivity (Wildman–Crippen MR) is 253 cm³/mol. The number of carboxylic acid groups (broad SMARTS) is 1. The highest BCUT2D eigenvalue weighted by Gasteiger charge is 2.23. The van der Waals surface area contributed by atoms with Crippen molar-refractivity contribution in [3.8, 4) is 16.5 Å². The summed E-state index contributed by atoms with van der Waals surface area (Å²) in [5.74, 6) is -1.22. The minimum Gasteiger partial charge on any atom is -0.477 e. The number of benzene rings is 7. The van der Waals surface area contributed by atoms with Crippen molar-refractivity contribution in [3.63, 3.8) is 0 Å². The summed E-state index contributed by atoms with van der Waals surface area (Å²) in [6.07, 6.45) is 6.68. The Hall–Kier alpha value is -6.94. The van der Waals surface area contributed by atoms with Crippen LogP contribution in [0.1, 0.15) is 54.2 Å². The molecule has 0 spiro atoms. The number of anilines is 6. The number of hydrogen-bond acceptors (Lipinski definition) is 5. The van der Waals surface area contributed by atoms with E-state index in [0.29, 0.717) is 0 Å². The van der Waals surface area contributed by atoms with Crippen LogP contribution >= 0.6 is 11.3 Å². The van der Waals surface area contributed by atoms with Gasteiger partial charge in [-0.25, -0.2) is 4.79 Å². The molecule has 0 aliphatic rings. The topological polar surface area (TPSA) is 67.6 Å². The summed E-state index contributed by atoms with van der Waals surface area (Å²) >= 11 is 1.54. The Morgan fingerprint density at radius 3 is 1.65 bits per heavy atom. The van der Waals surface area contributed by atoms with Gasteiger partial charge in [0, 0.05) is 43.3 Å². The van der Waals surface area contributed by atoms with E-state index in [0.717, 1.165) is 109 Å². The second-order valence-corrected chi connectivity index (χ2v) is 16.4. The predicted octanol–water partition coefficient (Wildman–Crippen LogP) is 15.4. The van der Waals surface area contributed by atoms with Gasteiger partial charge in [0.15, 0.2) is 0 Å². The fourth-order valence-electron chi connectivity index (χ4n) is 7.96. The van der Waals surface area contributed by atoms with Gasteiger partial charge in [-0.05, 0) is 115 Å². The van der Waals surface area contributed by atoms with Crippen LogP contribution in [0.15, 0.2) is 163 Å². The number of carbonyl (C=O) groups is 1. The lowest BCUT2D eigenvalue weighted by Gasteiger charge is -2.31. The average Bonchev–Trinajstić information content (AvgIpc) is 3.68. The van der Waals surface area contributed by atoms with E-state index in [-0.39, 0.29) is 5.57 Å². The average molecular weight is 802 g/mol. The van der Waals surface area contributed by atoms with Crippen molar-refractivity contribution < 1.29 is 9.90 Å². The molecule has 0 aliphatic carbocycles. The smallest absolute Gasteiger partial charge is 0.346 e. The van der Waals surface area contributed by atoms with Crippen LogP contribution in [0.3, 0.4) is 0 Å². The standard InChI is InChI=1S/C54H47N3O2S/c1-4-5-6-7-16-41-33-53(60-52(41)34-43(36-55)54(58)59)42-31-46(56(44-27-23-37(2)24-28-44)50-21-12-17-39-14-8-10-19-48(39)50)35-47(32-42)57(45-29-25-38(3)26-30-45)51-22-13-18-40-15-9-11-20-49(40)51/h8-15,17-35H,4-7,16H2,1-3H3,(H,58,59)/b43-34-. The van der Waals surface area contributed by atoms with Gasteiger partial charge in [-0.15, -0.1) is 11.3 Å². The van der Waals surface area contributed by atoms with Crippen molar-refractivity contribution >= 4 is 79.1 Å². The third-order valence-corrected chi connectivity index (χ3v) is 12.2. The monoisotopic (exact) mass is 801 g/mol. The number of aryl methyl sites for hydroxylation is 3. The summed E-state index contributed by atoms with van der Waals surface area (Å²) in [6.45, 7) is 6.42. The maximum Gasteiger partial charge on any atom is 0.346 e. The van der Waals surface area contributed by atoms with Gasteiger partial charge in [-0.3, -0.25) is 0 Å². The normalized spacial score (nSPS) is 11.5. The molecule has 60 heavy (non-hydrogen) atoms. The Labute approximate surface area is 356 Å². The minimum absolute atomic E-state index is 0.268. The minimum atomic E-state index is -1.22. The summed E-state index contributed by atoms with van der Waals surface area (Å²) < 4.78 is 0. The first-order valence-corrected chi connectivity index (χ1v) is 21.5. The summed E-state index contributed by atoms with van der Waals surface area (Å²) in [5.41, 5.74) is 10.2. The van der Waals surface area contributed by atoms with E-state index in [9.17, 15) is 15.2 Å². The summed E-state index contributed by atoms with van der Waals surface area (Å²) in [6, 6.07) is 58.2. The van der Waals surface area contributed by atoms with Crippen molar-refractivity contribution in [2.45, 2.75) is 52.9 Å². The second kappa shape index (κ2) is 17.9. The number of nitrogens with zero attached hydrogens (tertiary/aromatic N) is 3. The molecule has 0 bridgehead atoms. The summed E-state index contributed by atoms with van der Waals surface area (Å²) in [5, 5.41) is 24.3. The zero-order chi connectivity index (χ0) is 41.6. The first-order valence-electron chi connectivity index (χ1n) is 20.6. The van der Waals surface area contributed by atoms with Gasteiger partial charge in [-0.1, -0.05) is 134 Å². The van der Waals surface area contributed by atoms with Crippen LogP contribution in [-0.2, 0) is 11.2 Å². The SMILES string of the molecule is CCCCCCc1cc(-c2cc(N(c3ccc(C)cc3)c3cccc4ccccc34)cc(N(c3ccc(C)cc3)c3cccc4ccccc34)c2)sc1/C=C(/C#N)C(=O)O. The first-order chi connectivity index (χ1) is 29.3. The van der Waals surface area contributed by atoms with E-state index in [1.807, 2.05) is 6.07 Å². The van der Waals surface area contributed by atoms with E-state index in [1.165, 1.54) is 11.1 Å². The Morgan fingerprint density at radius 1 is 0.633 bits per heavy atom. The molecule has 8 rings (SSSR count). The molecule has 0 fully saturated rings. The molecule has 1 aromatic heterocycles. The molecule has 0 amide bonds. The molecule has 6 heteroatoms. The molecule has 8 aromatic rings. The van der Waals surface area contributed by atoms with Crippen molar-refractivity contribution in [3.05, 3.63) is 185 Å². The number of hydrogen-bond donors (Lipinski definition) is 1. The van der Waals surface area contributed by atoms with Crippen molar-refractivity contribution in [2.24, 2.45) is 0 Å². The summed E-state index contributed by atoms with van der Waals surface area (Å²) in [4.78, 5) is 18.6. The maximum absolute atomic E-state index is 12.1. The van der Waals surface area contributed by atoms with Crippen LogP contribution < -0.4 is 9.80 Å². The van der Waals surface area contributed by atoms with Gasteiger partial charge in [0.1, 0.15) is 11.6 Å². The highest BCUT2D eigenvalue weighted by atomic mass is 32.1. The van der Waals surface area contributed by atoms with Crippen molar-refractivity contribution in [2.75, 3.05) is 9.80 Å². The lowest BCUT2D eigenvalue weighted by atomic mass is 10.0. The molecular formula is C54H47N3O2S. The quantitative estimate of drug-likeness (QED) is 0.0674. The third kappa shape index (κ3) is 8.45. The Balaban J connectivity index is 1.43.